The van der Waals surface area contributed by atoms with Crippen LogP contribution in [0.2, 0.25) is 0 Å². The predicted molar refractivity (Wildman–Crippen MR) is 143 cm³/mol. The summed E-state index contributed by atoms with van der Waals surface area (Å²) in [6.45, 7) is 6.38. The summed E-state index contributed by atoms with van der Waals surface area (Å²) < 4.78 is 29.3. The molecule has 8 nitrogen and oxygen atoms in total. The Bertz CT molecular complexity index is 1330. The van der Waals surface area contributed by atoms with Crippen LogP contribution in [0.3, 0.4) is 0 Å². The quantitative estimate of drug-likeness (QED) is 0.465. The molecule has 0 bridgehead atoms. The number of urea groups is 1. The van der Waals surface area contributed by atoms with Gasteiger partial charge in [-0.25, -0.2) is 13.2 Å². The maximum atomic E-state index is 13.3. The van der Waals surface area contributed by atoms with Crippen LogP contribution in [-0.4, -0.2) is 49.9 Å². The summed E-state index contributed by atoms with van der Waals surface area (Å²) in [5, 5.41) is 6.03. The normalized spacial score (nSPS) is 15.2. The lowest BCUT2D eigenvalue weighted by atomic mass is 9.94. The second-order valence-corrected chi connectivity index (χ2v) is 12.9. The summed E-state index contributed by atoms with van der Waals surface area (Å²) in [5.74, 6) is 0.961. The molecular weight excluding hydrogens is 498 g/mol. The molecule has 190 valence electrons. The maximum absolute atomic E-state index is 13.3. The fourth-order valence-corrected chi connectivity index (χ4v) is 5.90. The van der Waals surface area contributed by atoms with Crippen LogP contribution in [0.15, 0.2) is 60.7 Å². The molecule has 3 amide bonds. The van der Waals surface area contributed by atoms with E-state index in [0.717, 1.165) is 4.88 Å². The van der Waals surface area contributed by atoms with Gasteiger partial charge in [0.15, 0.2) is 9.84 Å². The molecule has 1 saturated heterocycles. The molecule has 10 heteroatoms. The largest absolute Gasteiger partial charge is 0.457 e. The number of carbonyl (C=O) groups excluding carboxylic acids is 2. The molecule has 2 heterocycles. The van der Waals surface area contributed by atoms with Crippen molar-refractivity contribution in [3.8, 4) is 11.5 Å². The molecule has 1 aliphatic heterocycles. The third-order valence-electron chi connectivity index (χ3n) is 5.65. The third-order valence-corrected chi connectivity index (χ3v) is 8.74. The van der Waals surface area contributed by atoms with Gasteiger partial charge in [-0.3, -0.25) is 10.1 Å². The number of para-hydroxylation sites is 1. The lowest BCUT2D eigenvalue weighted by Crippen LogP contribution is -2.43. The third kappa shape index (κ3) is 6.44. The Balaban J connectivity index is 1.46. The van der Waals surface area contributed by atoms with Gasteiger partial charge in [-0.05, 0) is 47.9 Å². The number of sulfone groups is 1. The molecule has 36 heavy (non-hydrogen) atoms. The van der Waals surface area contributed by atoms with Gasteiger partial charge < -0.3 is 15.0 Å². The fraction of sp³-hybridized carbons (Fsp3) is 0.308. The highest BCUT2D eigenvalue weighted by Gasteiger charge is 2.30. The summed E-state index contributed by atoms with van der Waals surface area (Å²) >= 11 is 1.34. The molecule has 0 radical (unpaired) electrons. The first-order chi connectivity index (χ1) is 17.0. The molecule has 0 spiro atoms. The molecule has 0 saturated carbocycles. The summed E-state index contributed by atoms with van der Waals surface area (Å²) in [5.41, 5.74) is 0.705. The first-order valence-corrected chi connectivity index (χ1v) is 14.2. The highest BCUT2D eigenvalue weighted by Crippen LogP contribution is 2.37. The SMILES string of the molecule is CC(C)(C)c1cc(C(=O)N2CCS(=O)(=O)CC2)c(NC(=O)Nc2ccc(Oc3ccccc3)cc2)s1. The zero-order chi connectivity index (χ0) is 25.9. The van der Waals surface area contributed by atoms with Crippen LogP contribution in [0.5, 0.6) is 11.5 Å². The number of anilines is 2. The van der Waals surface area contributed by atoms with Gasteiger partial charge in [-0.15, -0.1) is 11.3 Å². The summed E-state index contributed by atoms with van der Waals surface area (Å²) in [7, 11) is -3.11. The van der Waals surface area contributed by atoms with E-state index in [4.69, 9.17) is 4.74 Å². The van der Waals surface area contributed by atoms with E-state index in [9.17, 15) is 18.0 Å². The van der Waals surface area contributed by atoms with E-state index < -0.39 is 15.9 Å². The van der Waals surface area contributed by atoms with E-state index in [1.54, 1.807) is 30.3 Å². The van der Waals surface area contributed by atoms with Crippen molar-refractivity contribution in [1.82, 2.24) is 4.90 Å². The maximum Gasteiger partial charge on any atom is 0.324 e. The Morgan fingerprint density at radius 3 is 2.14 bits per heavy atom. The van der Waals surface area contributed by atoms with E-state index in [0.29, 0.717) is 27.8 Å². The number of benzene rings is 2. The van der Waals surface area contributed by atoms with Crippen molar-refractivity contribution in [2.24, 2.45) is 0 Å². The minimum absolute atomic E-state index is 0.0533. The minimum Gasteiger partial charge on any atom is -0.457 e. The van der Waals surface area contributed by atoms with Crippen molar-refractivity contribution in [2.45, 2.75) is 26.2 Å². The molecule has 1 aliphatic rings. The van der Waals surface area contributed by atoms with Crippen LogP contribution in [0.4, 0.5) is 15.5 Å². The Morgan fingerprint density at radius 1 is 0.917 bits per heavy atom. The first-order valence-electron chi connectivity index (χ1n) is 11.6. The number of nitrogens with zero attached hydrogens (tertiary/aromatic N) is 1. The van der Waals surface area contributed by atoms with Crippen molar-refractivity contribution in [3.63, 3.8) is 0 Å². The number of ether oxygens (including phenoxy) is 1. The number of carbonyl (C=O) groups is 2. The Kier molecular flexibility index (Phi) is 7.37. The van der Waals surface area contributed by atoms with Crippen LogP contribution in [-0.2, 0) is 15.3 Å². The topological polar surface area (TPSA) is 105 Å². The molecule has 1 fully saturated rings. The second-order valence-electron chi connectivity index (χ2n) is 9.57. The monoisotopic (exact) mass is 527 g/mol. The zero-order valence-electron chi connectivity index (χ0n) is 20.4. The fourth-order valence-electron chi connectivity index (χ4n) is 3.59. The number of hydrogen-bond acceptors (Lipinski definition) is 6. The van der Waals surface area contributed by atoms with Gasteiger partial charge in [0.1, 0.15) is 16.5 Å². The Hall–Kier alpha value is -3.37. The Morgan fingerprint density at radius 2 is 1.53 bits per heavy atom. The first kappa shape index (κ1) is 25.7. The lowest BCUT2D eigenvalue weighted by molar-refractivity contribution is 0.0771. The van der Waals surface area contributed by atoms with Crippen molar-refractivity contribution in [1.29, 1.82) is 0 Å². The molecule has 4 rings (SSSR count). The molecule has 1 aromatic heterocycles. The van der Waals surface area contributed by atoms with Gasteiger partial charge in [0.25, 0.3) is 5.91 Å². The highest BCUT2D eigenvalue weighted by molar-refractivity contribution is 7.91. The van der Waals surface area contributed by atoms with Crippen LogP contribution in [0, 0.1) is 0 Å². The van der Waals surface area contributed by atoms with Crippen molar-refractivity contribution < 1.29 is 22.7 Å². The average molecular weight is 528 g/mol. The lowest BCUT2D eigenvalue weighted by Gasteiger charge is -2.26. The summed E-state index contributed by atoms with van der Waals surface area (Å²) in [6, 6.07) is 17.7. The van der Waals surface area contributed by atoms with Crippen LogP contribution in [0.1, 0.15) is 36.0 Å². The van der Waals surface area contributed by atoms with E-state index in [1.165, 1.54) is 16.2 Å². The zero-order valence-corrected chi connectivity index (χ0v) is 22.0. The van der Waals surface area contributed by atoms with Crippen LogP contribution < -0.4 is 15.4 Å². The molecule has 0 aliphatic carbocycles. The summed E-state index contributed by atoms with van der Waals surface area (Å²) in [4.78, 5) is 28.5. The highest BCUT2D eigenvalue weighted by atomic mass is 32.2. The van der Waals surface area contributed by atoms with Crippen LogP contribution in [0.25, 0.3) is 0 Å². The average Bonchev–Trinajstić information content (AvgIpc) is 3.25. The molecule has 2 N–H and O–H groups in total. The smallest absolute Gasteiger partial charge is 0.324 e. The van der Waals surface area contributed by atoms with Gasteiger partial charge in [-0.2, -0.15) is 0 Å². The summed E-state index contributed by atoms with van der Waals surface area (Å²) in [6.07, 6.45) is 0. The number of thiophene rings is 1. The van der Waals surface area contributed by atoms with Crippen LogP contribution >= 0.6 is 11.3 Å². The molecule has 3 aromatic rings. The van der Waals surface area contributed by atoms with E-state index in [2.05, 4.69) is 10.6 Å². The van der Waals surface area contributed by atoms with Crippen molar-refractivity contribution >= 4 is 43.8 Å². The predicted octanol–water partition coefficient (Wildman–Crippen LogP) is 5.35. The Labute approximate surface area is 215 Å². The van der Waals surface area contributed by atoms with E-state index in [-0.39, 0.29) is 35.9 Å². The van der Waals surface area contributed by atoms with E-state index in [1.807, 2.05) is 51.1 Å². The van der Waals surface area contributed by atoms with E-state index >= 15 is 0 Å². The number of rotatable bonds is 5. The van der Waals surface area contributed by atoms with Gasteiger partial charge in [0, 0.05) is 23.7 Å². The number of nitrogens with one attached hydrogen (secondary N) is 2. The minimum atomic E-state index is -3.11. The molecule has 0 unspecified atom stereocenters. The van der Waals surface area contributed by atoms with Gasteiger partial charge in [0.05, 0.1) is 17.1 Å². The van der Waals surface area contributed by atoms with Crippen molar-refractivity contribution in [2.75, 3.05) is 35.2 Å². The molecule has 2 aromatic carbocycles. The standard InChI is InChI=1S/C26H29N3O5S2/c1-26(2,3)22-17-21(24(30)29-13-15-36(32,33)16-14-29)23(35-22)28-25(31)27-18-9-11-20(12-10-18)34-19-7-5-4-6-8-19/h4-12,17H,13-16H2,1-3H3,(H2,27,28,31). The number of hydrogen-bond donors (Lipinski definition) is 2. The number of amides is 3. The van der Waals surface area contributed by atoms with Gasteiger partial charge >= 0.3 is 6.03 Å². The second kappa shape index (κ2) is 10.3. The van der Waals surface area contributed by atoms with Gasteiger partial charge in [0.2, 0.25) is 0 Å². The molecule has 0 atom stereocenters. The molecular formula is C26H29N3O5S2. The van der Waals surface area contributed by atoms with Gasteiger partial charge in [-0.1, -0.05) is 39.0 Å². The van der Waals surface area contributed by atoms with Crippen molar-refractivity contribution in [3.05, 3.63) is 71.1 Å².